The van der Waals surface area contributed by atoms with Gasteiger partial charge in [-0.3, -0.25) is 4.79 Å². The molecule has 0 aromatic heterocycles. The number of hydrogen-bond donors (Lipinski definition) is 2. The molecule has 5 heteroatoms. The summed E-state index contributed by atoms with van der Waals surface area (Å²) < 4.78 is 5.22. The van der Waals surface area contributed by atoms with Crippen LogP contribution in [-0.4, -0.2) is 24.7 Å². The lowest BCUT2D eigenvalue weighted by Gasteiger charge is -2.25. The molecule has 1 amide bonds. The van der Waals surface area contributed by atoms with Crippen LogP contribution in [0.3, 0.4) is 0 Å². The summed E-state index contributed by atoms with van der Waals surface area (Å²) in [6.07, 6.45) is 2.74. The molecule has 0 aliphatic heterocycles. The molecule has 2 N–H and O–H groups in total. The highest BCUT2D eigenvalue weighted by molar-refractivity contribution is 6.30. The highest BCUT2D eigenvalue weighted by Gasteiger charge is 2.34. The number of benzene rings is 2. The van der Waals surface area contributed by atoms with E-state index in [2.05, 4.69) is 5.32 Å². The van der Waals surface area contributed by atoms with E-state index in [0.29, 0.717) is 17.4 Å². The van der Waals surface area contributed by atoms with Crippen molar-refractivity contribution < 1.29 is 14.6 Å². The number of rotatable bonds is 8. The van der Waals surface area contributed by atoms with Gasteiger partial charge in [0.05, 0.1) is 13.7 Å². The van der Waals surface area contributed by atoms with Gasteiger partial charge >= 0.3 is 0 Å². The molecular weight excluding hydrogens is 362 g/mol. The Labute approximate surface area is 165 Å². The van der Waals surface area contributed by atoms with Crippen molar-refractivity contribution in [2.24, 2.45) is 5.92 Å². The smallest absolute Gasteiger partial charge is 0.220 e. The van der Waals surface area contributed by atoms with Crippen LogP contribution in [0, 0.1) is 5.92 Å². The molecular formula is C22H26ClNO3. The molecule has 2 aromatic carbocycles. The third-order valence-electron chi connectivity index (χ3n) is 5.24. The summed E-state index contributed by atoms with van der Waals surface area (Å²) in [6.45, 7) is 1.85. The molecule has 0 saturated heterocycles. The zero-order chi connectivity index (χ0) is 19.4. The Hall–Kier alpha value is -2.04. The molecule has 4 nitrogen and oxygen atoms in total. The van der Waals surface area contributed by atoms with Gasteiger partial charge in [0.15, 0.2) is 0 Å². The molecule has 27 heavy (non-hydrogen) atoms. The van der Waals surface area contributed by atoms with Gasteiger partial charge in [0.2, 0.25) is 5.91 Å². The van der Waals surface area contributed by atoms with E-state index >= 15 is 0 Å². The molecule has 144 valence electrons. The number of aliphatic hydroxyl groups is 1. The molecule has 1 fully saturated rings. The maximum atomic E-state index is 12.5. The van der Waals surface area contributed by atoms with E-state index in [-0.39, 0.29) is 18.4 Å². The summed E-state index contributed by atoms with van der Waals surface area (Å²) in [5, 5.41) is 14.2. The van der Waals surface area contributed by atoms with E-state index in [1.807, 2.05) is 24.3 Å². The summed E-state index contributed by atoms with van der Waals surface area (Å²) in [5.74, 6) is 1.53. The van der Waals surface area contributed by atoms with Crippen molar-refractivity contribution in [3.05, 3.63) is 64.7 Å². The predicted molar refractivity (Wildman–Crippen MR) is 107 cm³/mol. The molecule has 1 aliphatic carbocycles. The van der Waals surface area contributed by atoms with Crippen molar-refractivity contribution >= 4 is 17.5 Å². The van der Waals surface area contributed by atoms with Gasteiger partial charge in [0.1, 0.15) is 11.4 Å². The van der Waals surface area contributed by atoms with Crippen LogP contribution in [0.25, 0.3) is 0 Å². The lowest BCUT2D eigenvalue weighted by Crippen LogP contribution is -2.39. The fourth-order valence-electron chi connectivity index (χ4n) is 3.36. The van der Waals surface area contributed by atoms with E-state index in [1.165, 1.54) is 0 Å². The first-order valence-corrected chi connectivity index (χ1v) is 9.66. The average Bonchev–Trinajstić information content (AvgIpc) is 3.50. The summed E-state index contributed by atoms with van der Waals surface area (Å²) in [4.78, 5) is 12.5. The molecule has 1 saturated carbocycles. The first-order chi connectivity index (χ1) is 12.9. The first-order valence-electron chi connectivity index (χ1n) is 9.28. The fraction of sp³-hybridized carbons (Fsp3) is 0.409. The molecule has 0 radical (unpaired) electrons. The third kappa shape index (κ3) is 5.24. The van der Waals surface area contributed by atoms with Crippen molar-refractivity contribution in [2.75, 3.05) is 13.7 Å². The summed E-state index contributed by atoms with van der Waals surface area (Å²) in [6, 6.07) is 15.0. The van der Waals surface area contributed by atoms with Gasteiger partial charge in [-0.25, -0.2) is 0 Å². The molecule has 0 spiro atoms. The van der Waals surface area contributed by atoms with Crippen LogP contribution in [0.2, 0.25) is 5.02 Å². The monoisotopic (exact) mass is 387 g/mol. The number of methoxy groups -OCH3 is 1. The Bertz CT molecular complexity index is 767. The van der Waals surface area contributed by atoms with Crippen molar-refractivity contribution in [3.63, 3.8) is 0 Å². The van der Waals surface area contributed by atoms with Crippen LogP contribution in [0.1, 0.15) is 43.2 Å². The van der Waals surface area contributed by atoms with Crippen LogP contribution in [0.5, 0.6) is 5.75 Å². The second-order valence-electron chi connectivity index (χ2n) is 7.48. The van der Waals surface area contributed by atoms with E-state index in [4.69, 9.17) is 16.3 Å². The number of hydrogen-bond acceptors (Lipinski definition) is 3. The van der Waals surface area contributed by atoms with Gasteiger partial charge in [0, 0.05) is 11.4 Å². The normalized spacial score (nSPS) is 17.0. The quantitative estimate of drug-likeness (QED) is 0.711. The van der Waals surface area contributed by atoms with E-state index in [0.717, 1.165) is 29.7 Å². The maximum Gasteiger partial charge on any atom is 0.220 e. The number of carbonyl (C=O) groups excluding carboxylic acids is 1. The van der Waals surface area contributed by atoms with Gasteiger partial charge in [-0.1, -0.05) is 35.9 Å². The van der Waals surface area contributed by atoms with Gasteiger partial charge in [-0.15, -0.1) is 0 Å². The Balaban J connectivity index is 1.60. The SMILES string of the molecule is COc1ccc(C(CC(=O)NCC(C)(O)c2ccc(Cl)cc2)C2CC2)cc1. The molecule has 0 bridgehead atoms. The lowest BCUT2D eigenvalue weighted by molar-refractivity contribution is -0.122. The zero-order valence-electron chi connectivity index (χ0n) is 15.7. The Morgan fingerprint density at radius 3 is 2.41 bits per heavy atom. The minimum absolute atomic E-state index is 0.0445. The van der Waals surface area contributed by atoms with Crippen molar-refractivity contribution in [2.45, 2.75) is 37.7 Å². The van der Waals surface area contributed by atoms with E-state index in [1.54, 1.807) is 38.3 Å². The standard InChI is InChI=1S/C22H26ClNO3/c1-22(26,17-7-9-18(23)10-8-17)14-24-21(25)13-20(15-3-4-15)16-5-11-19(27-2)12-6-16/h5-12,15,20,26H,3-4,13-14H2,1-2H3,(H,24,25). The van der Waals surface area contributed by atoms with Gasteiger partial charge in [-0.05, 0) is 67.0 Å². The van der Waals surface area contributed by atoms with E-state index < -0.39 is 5.60 Å². The number of amides is 1. The number of ether oxygens (including phenoxy) is 1. The Kier molecular flexibility index (Phi) is 6.08. The minimum atomic E-state index is -1.14. The summed E-state index contributed by atoms with van der Waals surface area (Å²) in [7, 11) is 1.65. The molecule has 3 rings (SSSR count). The van der Waals surface area contributed by atoms with Crippen LogP contribution in [-0.2, 0) is 10.4 Å². The van der Waals surface area contributed by atoms with Crippen molar-refractivity contribution in [1.82, 2.24) is 5.32 Å². The Morgan fingerprint density at radius 1 is 1.22 bits per heavy atom. The molecule has 1 aliphatic rings. The zero-order valence-corrected chi connectivity index (χ0v) is 16.5. The highest BCUT2D eigenvalue weighted by Crippen LogP contribution is 2.44. The fourth-order valence-corrected chi connectivity index (χ4v) is 3.49. The van der Waals surface area contributed by atoms with E-state index in [9.17, 15) is 9.90 Å². The number of halogens is 1. The Morgan fingerprint density at radius 2 is 1.85 bits per heavy atom. The first kappa shape index (κ1) is 19.7. The van der Waals surface area contributed by atoms with Crippen LogP contribution >= 0.6 is 11.6 Å². The van der Waals surface area contributed by atoms with Gasteiger partial charge < -0.3 is 15.2 Å². The molecule has 2 unspecified atom stereocenters. The van der Waals surface area contributed by atoms with Crippen molar-refractivity contribution in [3.8, 4) is 5.75 Å². The number of nitrogens with one attached hydrogen (secondary N) is 1. The minimum Gasteiger partial charge on any atom is -0.497 e. The molecule has 2 aromatic rings. The second-order valence-corrected chi connectivity index (χ2v) is 7.92. The van der Waals surface area contributed by atoms with Crippen molar-refractivity contribution in [1.29, 1.82) is 0 Å². The second kappa shape index (κ2) is 8.32. The molecule has 2 atom stereocenters. The topological polar surface area (TPSA) is 58.6 Å². The van der Waals surface area contributed by atoms with Gasteiger partial charge in [0.25, 0.3) is 0 Å². The largest absolute Gasteiger partial charge is 0.497 e. The number of carbonyl (C=O) groups is 1. The lowest BCUT2D eigenvalue weighted by atomic mass is 9.90. The maximum absolute atomic E-state index is 12.5. The average molecular weight is 388 g/mol. The predicted octanol–water partition coefficient (Wildman–Crippen LogP) is 4.26. The molecule has 0 heterocycles. The van der Waals surface area contributed by atoms with Crippen LogP contribution in [0.4, 0.5) is 0 Å². The highest BCUT2D eigenvalue weighted by atomic mass is 35.5. The van der Waals surface area contributed by atoms with Crippen LogP contribution < -0.4 is 10.1 Å². The third-order valence-corrected chi connectivity index (χ3v) is 5.49. The van der Waals surface area contributed by atoms with Crippen LogP contribution in [0.15, 0.2) is 48.5 Å². The summed E-state index contributed by atoms with van der Waals surface area (Å²) in [5.41, 5.74) is 0.745. The van der Waals surface area contributed by atoms with Gasteiger partial charge in [-0.2, -0.15) is 0 Å². The summed E-state index contributed by atoms with van der Waals surface area (Å²) >= 11 is 5.90.